The minimum Gasteiger partial charge on any atom is -0.454 e. The molecule has 0 bridgehead atoms. The molecule has 2 aliphatic heterocycles. The van der Waals surface area contributed by atoms with Gasteiger partial charge >= 0.3 is 0 Å². The number of allylic oxidation sites excluding steroid dienone is 2. The molecule has 0 fully saturated rings. The van der Waals surface area contributed by atoms with Crippen molar-refractivity contribution >= 4 is 28.0 Å². The van der Waals surface area contributed by atoms with Crippen molar-refractivity contribution in [3.05, 3.63) is 51.0 Å². The highest BCUT2D eigenvalue weighted by atomic mass is 32.1. The van der Waals surface area contributed by atoms with E-state index in [0.717, 1.165) is 53.1 Å². The Balaban J connectivity index is 1.51. The number of aryl methyl sites for hydroxylation is 1. The van der Waals surface area contributed by atoms with Gasteiger partial charge in [-0.05, 0) is 60.8 Å². The maximum absolute atomic E-state index is 13.9. The minimum absolute atomic E-state index is 0.0485. The second-order valence-corrected chi connectivity index (χ2v) is 12.2. The molecule has 1 aromatic heterocycles. The van der Waals surface area contributed by atoms with E-state index in [9.17, 15) is 14.9 Å². The fourth-order valence-corrected chi connectivity index (χ4v) is 7.62. The first-order chi connectivity index (χ1) is 17.4. The van der Waals surface area contributed by atoms with Gasteiger partial charge in [0.2, 0.25) is 12.7 Å². The lowest BCUT2D eigenvalue weighted by Crippen LogP contribution is -2.43. The van der Waals surface area contributed by atoms with Crippen molar-refractivity contribution < 1.29 is 19.1 Å². The van der Waals surface area contributed by atoms with E-state index in [4.69, 9.17) is 9.47 Å². The number of Topliss-reactive ketones (excluding diaryl/α,β-unsaturated/α-hetero) is 1. The monoisotopic (exact) mass is 502 g/mol. The minimum atomic E-state index is -0.326. The highest BCUT2D eigenvalue weighted by molar-refractivity contribution is 7.16. The first-order valence-corrected chi connectivity index (χ1v) is 13.7. The molecule has 0 radical (unpaired) electrons. The first kappa shape index (κ1) is 23.3. The van der Waals surface area contributed by atoms with Gasteiger partial charge in [0.15, 0.2) is 17.3 Å². The van der Waals surface area contributed by atoms with E-state index >= 15 is 0 Å². The number of hydrogen-bond donors (Lipinski definition) is 0. The molecule has 0 saturated carbocycles. The van der Waals surface area contributed by atoms with Crippen molar-refractivity contribution in [3.63, 3.8) is 0 Å². The topological polar surface area (TPSA) is 79.6 Å². The Labute approximate surface area is 215 Å². The summed E-state index contributed by atoms with van der Waals surface area (Å²) >= 11 is 1.59. The number of hydrogen-bond acceptors (Lipinski definition) is 6. The van der Waals surface area contributed by atoms with Gasteiger partial charge in [-0.3, -0.25) is 14.5 Å². The van der Waals surface area contributed by atoms with E-state index in [1.54, 1.807) is 16.2 Å². The molecule has 4 aliphatic rings. The van der Waals surface area contributed by atoms with Gasteiger partial charge in [-0.2, -0.15) is 5.26 Å². The summed E-state index contributed by atoms with van der Waals surface area (Å²) in [4.78, 5) is 30.6. The van der Waals surface area contributed by atoms with Gasteiger partial charge in [0, 0.05) is 34.9 Å². The number of rotatable bonds is 2. The van der Waals surface area contributed by atoms with Crippen molar-refractivity contribution in [2.24, 2.45) is 5.41 Å². The van der Waals surface area contributed by atoms with Crippen molar-refractivity contribution in [1.29, 1.82) is 5.26 Å². The van der Waals surface area contributed by atoms with E-state index < -0.39 is 0 Å². The lowest BCUT2D eigenvalue weighted by Gasteiger charge is -2.42. The van der Waals surface area contributed by atoms with Crippen LogP contribution in [-0.2, 0) is 22.4 Å². The zero-order chi connectivity index (χ0) is 25.0. The lowest BCUT2D eigenvalue weighted by atomic mass is 9.69. The van der Waals surface area contributed by atoms with Gasteiger partial charge in [-0.1, -0.05) is 32.8 Å². The number of ether oxygens (including phenoxy) is 2. The predicted molar refractivity (Wildman–Crippen MR) is 137 cm³/mol. The van der Waals surface area contributed by atoms with Gasteiger partial charge < -0.3 is 9.47 Å². The third-order valence-electron chi connectivity index (χ3n) is 7.91. The molecule has 1 amide bonds. The normalized spacial score (nSPS) is 23.0. The average Bonchev–Trinajstić information content (AvgIpc) is 3.41. The Bertz CT molecular complexity index is 1350. The van der Waals surface area contributed by atoms with E-state index in [1.165, 1.54) is 17.7 Å². The van der Waals surface area contributed by atoms with Crippen molar-refractivity contribution in [3.8, 4) is 17.6 Å². The molecular formula is C29H30N2O4S. The number of thiophene rings is 1. The summed E-state index contributed by atoms with van der Waals surface area (Å²) in [6, 6.07) is 8.16. The zero-order valence-electron chi connectivity index (χ0n) is 20.8. The van der Waals surface area contributed by atoms with Crippen LogP contribution in [0.25, 0.3) is 0 Å². The number of ketones is 1. The number of carbonyl (C=O) groups is 2. The molecule has 6 nitrogen and oxygen atoms in total. The number of anilines is 1. The average molecular weight is 503 g/mol. The van der Waals surface area contributed by atoms with Crippen LogP contribution in [-0.4, -0.2) is 18.5 Å². The standard InChI is InChI=1S/C29H30N2O4S/c1-29(2)13-21-27(22(32)14-29)19(17-9-10-23-24(11-17)35-16-34-23)12-26(33)31(21)28-20(15-30)18-7-5-3-4-6-8-25(18)36-28/h9-11,19H,3-8,12-14,16H2,1-2H3/t19-/m0/s1. The summed E-state index contributed by atoms with van der Waals surface area (Å²) < 4.78 is 11.1. The Kier molecular flexibility index (Phi) is 5.68. The molecule has 36 heavy (non-hydrogen) atoms. The third-order valence-corrected chi connectivity index (χ3v) is 9.19. The van der Waals surface area contributed by atoms with E-state index in [2.05, 4.69) is 19.9 Å². The van der Waals surface area contributed by atoms with E-state index in [-0.39, 0.29) is 36.2 Å². The zero-order valence-corrected chi connectivity index (χ0v) is 21.6. The van der Waals surface area contributed by atoms with E-state index in [0.29, 0.717) is 29.9 Å². The van der Waals surface area contributed by atoms with Gasteiger partial charge in [0.05, 0.1) is 5.56 Å². The fourth-order valence-electron chi connectivity index (χ4n) is 6.24. The number of nitriles is 1. The number of benzene rings is 1. The third kappa shape index (κ3) is 3.83. The molecular weight excluding hydrogens is 472 g/mol. The Morgan fingerprint density at radius 2 is 1.83 bits per heavy atom. The maximum atomic E-state index is 13.9. The summed E-state index contributed by atoms with van der Waals surface area (Å²) in [7, 11) is 0. The van der Waals surface area contributed by atoms with Gasteiger partial charge in [-0.15, -0.1) is 11.3 Å². The molecule has 0 N–H and O–H groups in total. The molecule has 1 atom stereocenters. The molecule has 0 unspecified atom stereocenters. The van der Waals surface area contributed by atoms with Crippen LogP contribution in [0.5, 0.6) is 11.5 Å². The molecule has 2 aromatic rings. The molecule has 3 heterocycles. The molecule has 186 valence electrons. The molecule has 2 aliphatic carbocycles. The number of amides is 1. The predicted octanol–water partition coefficient (Wildman–Crippen LogP) is 6.17. The van der Waals surface area contributed by atoms with Crippen LogP contribution < -0.4 is 14.4 Å². The van der Waals surface area contributed by atoms with Crippen LogP contribution in [0.1, 0.15) is 86.3 Å². The summed E-state index contributed by atoms with van der Waals surface area (Å²) in [5, 5.41) is 10.9. The van der Waals surface area contributed by atoms with Gasteiger partial charge in [-0.25, -0.2) is 0 Å². The van der Waals surface area contributed by atoms with Gasteiger partial charge in [0.25, 0.3) is 0 Å². The Morgan fingerprint density at radius 1 is 1.06 bits per heavy atom. The molecule has 1 aromatic carbocycles. The van der Waals surface area contributed by atoms with Crippen LogP contribution in [0.2, 0.25) is 0 Å². The number of fused-ring (bicyclic) bond motifs is 2. The number of nitrogens with zero attached hydrogens (tertiary/aromatic N) is 2. The highest BCUT2D eigenvalue weighted by Gasteiger charge is 2.45. The second-order valence-electron chi connectivity index (χ2n) is 11.1. The Hall–Kier alpha value is -3.11. The van der Waals surface area contributed by atoms with Crippen molar-refractivity contribution in [2.45, 2.75) is 77.6 Å². The summed E-state index contributed by atoms with van der Waals surface area (Å²) in [6.45, 7) is 4.35. The smallest absolute Gasteiger partial charge is 0.232 e. The van der Waals surface area contributed by atoms with Gasteiger partial charge in [0.1, 0.15) is 11.1 Å². The van der Waals surface area contributed by atoms with Crippen LogP contribution >= 0.6 is 11.3 Å². The molecule has 7 heteroatoms. The SMILES string of the molecule is CC1(C)CC(=O)C2=C(C1)N(c1sc3c(c1C#N)CCCCCC3)C(=O)C[C@H]2c1ccc2c(c1)OCO2. The largest absolute Gasteiger partial charge is 0.454 e. The van der Waals surface area contributed by atoms with Crippen molar-refractivity contribution in [2.75, 3.05) is 11.7 Å². The molecule has 0 saturated heterocycles. The summed E-state index contributed by atoms with van der Waals surface area (Å²) in [5.41, 5.74) is 3.88. The van der Waals surface area contributed by atoms with Crippen molar-refractivity contribution in [1.82, 2.24) is 0 Å². The summed E-state index contributed by atoms with van der Waals surface area (Å²) in [6.07, 6.45) is 7.64. The molecule has 6 rings (SSSR count). The number of carbonyl (C=O) groups excluding carboxylic acids is 2. The van der Waals surface area contributed by atoms with Crippen LogP contribution in [0.3, 0.4) is 0 Å². The molecule has 0 spiro atoms. The second kappa shape index (κ2) is 8.77. The highest BCUT2D eigenvalue weighted by Crippen LogP contribution is 2.51. The summed E-state index contributed by atoms with van der Waals surface area (Å²) in [5.74, 6) is 1.05. The first-order valence-electron chi connectivity index (χ1n) is 12.9. The van der Waals surface area contributed by atoms with Crippen LogP contribution in [0.15, 0.2) is 29.5 Å². The fraction of sp³-hybridized carbons (Fsp3) is 0.483. The Morgan fingerprint density at radius 3 is 2.64 bits per heavy atom. The lowest BCUT2D eigenvalue weighted by molar-refractivity contribution is -0.120. The van der Waals surface area contributed by atoms with Crippen LogP contribution in [0, 0.1) is 16.7 Å². The maximum Gasteiger partial charge on any atom is 0.232 e. The quantitative estimate of drug-likeness (QED) is 0.491. The van der Waals surface area contributed by atoms with Crippen LogP contribution in [0.4, 0.5) is 5.00 Å². The van der Waals surface area contributed by atoms with E-state index in [1.807, 2.05) is 18.2 Å².